The van der Waals surface area contributed by atoms with Crippen LogP contribution in [0.5, 0.6) is 0 Å². The van der Waals surface area contributed by atoms with Crippen molar-refractivity contribution in [1.82, 2.24) is 10.3 Å². The van der Waals surface area contributed by atoms with Gasteiger partial charge in [0.15, 0.2) is 0 Å². The second-order valence-corrected chi connectivity index (χ2v) is 4.81. The van der Waals surface area contributed by atoms with E-state index in [9.17, 15) is 0 Å². The highest BCUT2D eigenvalue weighted by molar-refractivity contribution is 5.08. The molecule has 1 aromatic rings. The van der Waals surface area contributed by atoms with Gasteiger partial charge in [0.2, 0.25) is 0 Å². The molecule has 18 heavy (non-hydrogen) atoms. The summed E-state index contributed by atoms with van der Waals surface area (Å²) in [6.07, 6.45) is 14.5. The van der Waals surface area contributed by atoms with Gasteiger partial charge >= 0.3 is 0 Å². The Morgan fingerprint density at radius 3 is 2.89 bits per heavy atom. The molecule has 0 aliphatic heterocycles. The van der Waals surface area contributed by atoms with Gasteiger partial charge in [-0.25, -0.2) is 0 Å². The van der Waals surface area contributed by atoms with E-state index in [1.807, 2.05) is 24.5 Å². The lowest BCUT2D eigenvalue weighted by Crippen LogP contribution is -2.25. The van der Waals surface area contributed by atoms with Crippen molar-refractivity contribution in [3.8, 4) is 0 Å². The molecule has 0 aliphatic carbocycles. The summed E-state index contributed by atoms with van der Waals surface area (Å²) in [5.74, 6) is 0. The molecule has 0 spiro atoms. The van der Waals surface area contributed by atoms with E-state index >= 15 is 0 Å². The molecule has 100 valence electrons. The van der Waals surface area contributed by atoms with Gasteiger partial charge in [0, 0.05) is 18.4 Å². The minimum Gasteiger partial charge on any atom is -0.317 e. The van der Waals surface area contributed by atoms with Gasteiger partial charge in [-0.2, -0.15) is 0 Å². The van der Waals surface area contributed by atoms with Gasteiger partial charge < -0.3 is 5.32 Å². The lowest BCUT2D eigenvalue weighted by molar-refractivity contribution is 0.462. The van der Waals surface area contributed by atoms with Crippen LogP contribution in [0.3, 0.4) is 0 Å². The van der Waals surface area contributed by atoms with Crippen LogP contribution in [0.2, 0.25) is 0 Å². The first-order valence-electron chi connectivity index (χ1n) is 7.04. The first-order chi connectivity index (χ1) is 8.86. The van der Waals surface area contributed by atoms with Crippen molar-refractivity contribution in [2.24, 2.45) is 0 Å². The molecule has 1 unspecified atom stereocenters. The molecule has 1 rings (SSSR count). The molecule has 0 aromatic carbocycles. The molecule has 2 heteroatoms. The molecule has 0 radical (unpaired) electrons. The number of allylic oxidation sites excluding steroid dienone is 1. The van der Waals surface area contributed by atoms with Crippen molar-refractivity contribution in [3.05, 3.63) is 42.7 Å². The van der Waals surface area contributed by atoms with Gasteiger partial charge in [-0.15, -0.1) is 6.58 Å². The predicted molar refractivity (Wildman–Crippen MR) is 78.7 cm³/mol. The Morgan fingerprint density at radius 1 is 1.33 bits per heavy atom. The summed E-state index contributed by atoms with van der Waals surface area (Å²) in [7, 11) is 2.07. The number of nitrogens with zero attached hydrogens (tertiary/aromatic N) is 1. The maximum absolute atomic E-state index is 4.15. The number of hydrogen-bond acceptors (Lipinski definition) is 2. The van der Waals surface area contributed by atoms with Crippen LogP contribution in [-0.4, -0.2) is 18.1 Å². The zero-order valence-corrected chi connectivity index (χ0v) is 11.6. The molecule has 0 bridgehead atoms. The standard InChI is InChI=1S/C16H26N2/c1-3-4-5-6-7-10-16(17-2)12-11-15-9-8-13-18-14-15/h3,8-9,13-14,16-17H,1,4-7,10-12H2,2H3. The van der Waals surface area contributed by atoms with Gasteiger partial charge in [-0.05, 0) is 50.8 Å². The lowest BCUT2D eigenvalue weighted by atomic mass is 10.0. The second kappa shape index (κ2) is 9.84. The average Bonchev–Trinajstić information content (AvgIpc) is 2.43. The highest BCUT2D eigenvalue weighted by atomic mass is 14.9. The van der Waals surface area contributed by atoms with Gasteiger partial charge in [0.25, 0.3) is 0 Å². The minimum absolute atomic E-state index is 0.633. The molecule has 0 amide bonds. The molecule has 1 heterocycles. The third kappa shape index (κ3) is 6.55. The zero-order chi connectivity index (χ0) is 13.1. The van der Waals surface area contributed by atoms with Crippen molar-refractivity contribution < 1.29 is 0 Å². The van der Waals surface area contributed by atoms with E-state index in [0.717, 1.165) is 12.8 Å². The molecule has 0 fully saturated rings. The van der Waals surface area contributed by atoms with E-state index in [2.05, 4.69) is 30.0 Å². The summed E-state index contributed by atoms with van der Waals surface area (Å²) in [5, 5.41) is 3.42. The first kappa shape index (κ1) is 14.9. The zero-order valence-electron chi connectivity index (χ0n) is 11.6. The molecule has 1 aromatic heterocycles. The molecule has 1 N–H and O–H groups in total. The largest absolute Gasteiger partial charge is 0.317 e. The fourth-order valence-corrected chi connectivity index (χ4v) is 2.18. The van der Waals surface area contributed by atoms with E-state index in [0.29, 0.717) is 6.04 Å². The van der Waals surface area contributed by atoms with Gasteiger partial charge in [0.1, 0.15) is 0 Å². The predicted octanol–water partition coefficient (Wildman–Crippen LogP) is 3.74. The summed E-state index contributed by atoms with van der Waals surface area (Å²) in [6, 6.07) is 4.80. The molecule has 2 nitrogen and oxygen atoms in total. The second-order valence-electron chi connectivity index (χ2n) is 4.81. The summed E-state index contributed by atoms with van der Waals surface area (Å²) >= 11 is 0. The Balaban J connectivity index is 2.15. The number of hydrogen-bond donors (Lipinski definition) is 1. The quantitative estimate of drug-likeness (QED) is 0.502. The SMILES string of the molecule is C=CCCCCCC(CCc1cccnc1)NC. The van der Waals surface area contributed by atoms with Crippen molar-refractivity contribution in [3.63, 3.8) is 0 Å². The molecule has 0 aliphatic rings. The van der Waals surface area contributed by atoms with Gasteiger partial charge in [-0.1, -0.05) is 25.0 Å². The van der Waals surface area contributed by atoms with E-state index < -0.39 is 0 Å². The Morgan fingerprint density at radius 2 is 2.22 bits per heavy atom. The smallest absolute Gasteiger partial charge is 0.0299 e. The van der Waals surface area contributed by atoms with E-state index in [1.165, 1.54) is 37.7 Å². The Hall–Kier alpha value is -1.15. The van der Waals surface area contributed by atoms with Crippen LogP contribution >= 0.6 is 0 Å². The molecular formula is C16H26N2. The number of nitrogens with one attached hydrogen (secondary N) is 1. The number of pyridine rings is 1. The van der Waals surface area contributed by atoms with Crippen LogP contribution in [0, 0.1) is 0 Å². The Bertz CT molecular complexity index is 308. The van der Waals surface area contributed by atoms with Crippen LogP contribution in [0.4, 0.5) is 0 Å². The Kier molecular flexibility index (Phi) is 8.15. The number of aromatic nitrogens is 1. The van der Waals surface area contributed by atoms with E-state index in [1.54, 1.807) is 0 Å². The summed E-state index contributed by atoms with van der Waals surface area (Å²) < 4.78 is 0. The van der Waals surface area contributed by atoms with Crippen LogP contribution in [0.25, 0.3) is 0 Å². The maximum atomic E-state index is 4.15. The average molecular weight is 246 g/mol. The third-order valence-electron chi connectivity index (χ3n) is 3.37. The van der Waals surface area contributed by atoms with Gasteiger partial charge in [-0.3, -0.25) is 4.98 Å². The molecular weight excluding hydrogens is 220 g/mol. The molecule has 0 saturated carbocycles. The van der Waals surface area contributed by atoms with Crippen LogP contribution in [0.15, 0.2) is 37.2 Å². The maximum Gasteiger partial charge on any atom is 0.0299 e. The van der Waals surface area contributed by atoms with Crippen molar-refractivity contribution >= 4 is 0 Å². The van der Waals surface area contributed by atoms with Crippen LogP contribution in [-0.2, 0) is 6.42 Å². The first-order valence-corrected chi connectivity index (χ1v) is 7.04. The highest BCUT2D eigenvalue weighted by Gasteiger charge is 2.05. The normalized spacial score (nSPS) is 12.3. The number of rotatable bonds is 10. The highest BCUT2D eigenvalue weighted by Crippen LogP contribution is 2.11. The third-order valence-corrected chi connectivity index (χ3v) is 3.37. The summed E-state index contributed by atoms with van der Waals surface area (Å²) in [5.41, 5.74) is 1.34. The fourth-order valence-electron chi connectivity index (χ4n) is 2.18. The van der Waals surface area contributed by atoms with E-state index in [4.69, 9.17) is 0 Å². The molecule has 1 atom stereocenters. The van der Waals surface area contributed by atoms with Crippen LogP contribution < -0.4 is 5.32 Å². The van der Waals surface area contributed by atoms with Crippen molar-refractivity contribution in [2.75, 3.05) is 7.05 Å². The fraction of sp³-hybridized carbons (Fsp3) is 0.562. The summed E-state index contributed by atoms with van der Waals surface area (Å²) in [6.45, 7) is 3.75. The number of unbranched alkanes of at least 4 members (excludes halogenated alkanes) is 3. The lowest BCUT2D eigenvalue weighted by Gasteiger charge is -2.15. The summed E-state index contributed by atoms with van der Waals surface area (Å²) in [4.78, 5) is 4.15. The van der Waals surface area contributed by atoms with Gasteiger partial charge in [0.05, 0.1) is 0 Å². The number of aryl methyl sites for hydroxylation is 1. The monoisotopic (exact) mass is 246 g/mol. The minimum atomic E-state index is 0.633. The van der Waals surface area contributed by atoms with Crippen molar-refractivity contribution in [1.29, 1.82) is 0 Å². The van der Waals surface area contributed by atoms with E-state index in [-0.39, 0.29) is 0 Å². The van der Waals surface area contributed by atoms with Crippen LogP contribution in [0.1, 0.15) is 44.1 Å². The molecule has 0 saturated heterocycles. The Labute approximate surface area is 112 Å². The van der Waals surface area contributed by atoms with Crippen molar-refractivity contribution in [2.45, 2.75) is 51.0 Å². The topological polar surface area (TPSA) is 24.9 Å².